The van der Waals surface area contributed by atoms with Gasteiger partial charge in [-0.2, -0.15) is 10.4 Å². The minimum atomic E-state index is 0.628. The molecule has 114 valence electrons. The van der Waals surface area contributed by atoms with E-state index in [2.05, 4.69) is 26.0 Å². The largest absolute Gasteiger partial charge is 0.353 e. The van der Waals surface area contributed by atoms with E-state index in [1.165, 1.54) is 0 Å². The molecule has 0 atom stereocenters. The minimum absolute atomic E-state index is 0.628. The van der Waals surface area contributed by atoms with Crippen LogP contribution in [0.5, 0.6) is 0 Å². The summed E-state index contributed by atoms with van der Waals surface area (Å²) in [6, 6.07) is 5.81. The summed E-state index contributed by atoms with van der Waals surface area (Å²) in [5.41, 5.74) is 0.628. The zero-order valence-electron chi connectivity index (χ0n) is 12.4. The van der Waals surface area contributed by atoms with E-state index in [1.807, 2.05) is 22.4 Å². The molecule has 2 aromatic rings. The van der Waals surface area contributed by atoms with Crippen molar-refractivity contribution in [1.82, 2.24) is 24.2 Å². The third-order valence-corrected chi connectivity index (χ3v) is 4.30. The summed E-state index contributed by atoms with van der Waals surface area (Å²) in [5, 5.41) is 13.5. The summed E-state index contributed by atoms with van der Waals surface area (Å²) < 4.78 is 4.38. The fourth-order valence-electron chi connectivity index (χ4n) is 2.54. The number of piperazine rings is 1. The Morgan fingerprint density at radius 3 is 2.73 bits per heavy atom. The highest BCUT2D eigenvalue weighted by atomic mass is 32.1. The molecule has 3 heterocycles. The van der Waals surface area contributed by atoms with Gasteiger partial charge in [0, 0.05) is 39.4 Å². The van der Waals surface area contributed by atoms with E-state index in [0.29, 0.717) is 12.2 Å². The van der Waals surface area contributed by atoms with Crippen molar-refractivity contribution in [2.24, 2.45) is 7.05 Å². The standard InChI is InChI=1S/C14H17N7S/c1-18-10-17-21(14(18)22)11-19-5-7-20(8-6-19)13-12(9-15)3-2-4-16-13/h2-4,10H,5-8,11H2,1H3. The predicted octanol–water partition coefficient (Wildman–Crippen LogP) is 0.997. The first-order valence-corrected chi connectivity index (χ1v) is 7.50. The number of aryl methyl sites for hydroxylation is 1. The van der Waals surface area contributed by atoms with Crippen LogP contribution in [0.3, 0.4) is 0 Å². The average molecular weight is 315 g/mol. The van der Waals surface area contributed by atoms with Gasteiger partial charge in [0.25, 0.3) is 0 Å². The zero-order valence-corrected chi connectivity index (χ0v) is 13.2. The Morgan fingerprint density at radius 1 is 1.32 bits per heavy atom. The fourth-order valence-corrected chi connectivity index (χ4v) is 2.70. The van der Waals surface area contributed by atoms with E-state index in [-0.39, 0.29) is 0 Å². The molecular formula is C14H17N7S. The summed E-state index contributed by atoms with van der Waals surface area (Å²) in [5.74, 6) is 0.777. The van der Waals surface area contributed by atoms with E-state index >= 15 is 0 Å². The van der Waals surface area contributed by atoms with Crippen molar-refractivity contribution in [2.45, 2.75) is 6.67 Å². The number of hydrogen-bond acceptors (Lipinski definition) is 6. The number of nitrogens with zero attached hydrogens (tertiary/aromatic N) is 7. The number of nitriles is 1. The molecule has 1 saturated heterocycles. The second kappa shape index (κ2) is 6.25. The molecule has 0 saturated carbocycles. The lowest BCUT2D eigenvalue weighted by atomic mass is 10.2. The first-order valence-electron chi connectivity index (χ1n) is 7.10. The molecule has 1 aliphatic rings. The highest BCUT2D eigenvalue weighted by Crippen LogP contribution is 2.18. The lowest BCUT2D eigenvalue weighted by Crippen LogP contribution is -2.47. The topological polar surface area (TPSA) is 65.9 Å². The molecule has 0 aliphatic carbocycles. The Kier molecular flexibility index (Phi) is 4.18. The molecule has 0 unspecified atom stereocenters. The number of anilines is 1. The smallest absolute Gasteiger partial charge is 0.198 e. The van der Waals surface area contributed by atoms with Gasteiger partial charge in [0.2, 0.25) is 0 Å². The van der Waals surface area contributed by atoms with Gasteiger partial charge in [-0.25, -0.2) is 9.67 Å². The number of aromatic nitrogens is 4. The number of pyridine rings is 1. The highest BCUT2D eigenvalue weighted by molar-refractivity contribution is 7.71. The molecule has 1 aliphatic heterocycles. The Morgan fingerprint density at radius 2 is 2.09 bits per heavy atom. The van der Waals surface area contributed by atoms with Gasteiger partial charge in [-0.15, -0.1) is 0 Å². The molecule has 22 heavy (non-hydrogen) atoms. The maximum Gasteiger partial charge on any atom is 0.198 e. The van der Waals surface area contributed by atoms with Crippen LogP contribution in [-0.2, 0) is 13.7 Å². The van der Waals surface area contributed by atoms with Gasteiger partial charge < -0.3 is 9.47 Å². The third kappa shape index (κ3) is 2.86. The van der Waals surface area contributed by atoms with Gasteiger partial charge in [0.1, 0.15) is 18.2 Å². The van der Waals surface area contributed by atoms with Crippen molar-refractivity contribution in [2.75, 3.05) is 31.1 Å². The van der Waals surface area contributed by atoms with E-state index in [0.717, 1.165) is 36.8 Å². The van der Waals surface area contributed by atoms with Gasteiger partial charge >= 0.3 is 0 Å². The van der Waals surface area contributed by atoms with Crippen molar-refractivity contribution >= 4 is 18.0 Å². The predicted molar refractivity (Wildman–Crippen MR) is 84.8 cm³/mol. The number of rotatable bonds is 3. The normalized spacial score (nSPS) is 15.7. The second-order valence-corrected chi connectivity index (χ2v) is 5.62. The maximum absolute atomic E-state index is 9.18. The first-order chi connectivity index (χ1) is 10.7. The van der Waals surface area contributed by atoms with Crippen molar-refractivity contribution in [1.29, 1.82) is 5.26 Å². The summed E-state index contributed by atoms with van der Waals surface area (Å²) in [6.45, 7) is 4.15. The van der Waals surface area contributed by atoms with Gasteiger partial charge in [-0.05, 0) is 24.4 Å². The zero-order chi connectivity index (χ0) is 15.5. The summed E-state index contributed by atoms with van der Waals surface area (Å²) in [4.78, 5) is 8.81. The van der Waals surface area contributed by atoms with E-state index in [4.69, 9.17) is 12.2 Å². The second-order valence-electron chi connectivity index (χ2n) is 5.26. The van der Waals surface area contributed by atoms with Crippen LogP contribution < -0.4 is 4.90 Å². The molecule has 2 aromatic heterocycles. The quantitative estimate of drug-likeness (QED) is 0.787. The Bertz CT molecular complexity index is 749. The molecule has 0 radical (unpaired) electrons. The molecule has 0 amide bonds. The van der Waals surface area contributed by atoms with E-state index in [9.17, 15) is 5.26 Å². The monoisotopic (exact) mass is 315 g/mol. The first kappa shape index (κ1) is 14.7. The molecule has 3 rings (SSSR count). The Hall–Kier alpha value is -2.24. The molecule has 0 bridgehead atoms. The van der Waals surface area contributed by atoms with Crippen LogP contribution in [0.2, 0.25) is 0 Å². The Labute approximate surface area is 134 Å². The highest BCUT2D eigenvalue weighted by Gasteiger charge is 2.20. The van der Waals surface area contributed by atoms with E-state index < -0.39 is 0 Å². The lowest BCUT2D eigenvalue weighted by molar-refractivity contribution is 0.194. The van der Waals surface area contributed by atoms with Crippen LogP contribution in [0.25, 0.3) is 0 Å². The number of hydrogen-bond donors (Lipinski definition) is 0. The third-order valence-electron chi connectivity index (χ3n) is 3.80. The molecule has 0 spiro atoms. The minimum Gasteiger partial charge on any atom is -0.353 e. The average Bonchev–Trinajstić information content (AvgIpc) is 2.87. The van der Waals surface area contributed by atoms with Crippen molar-refractivity contribution < 1.29 is 0 Å². The van der Waals surface area contributed by atoms with Crippen LogP contribution in [0, 0.1) is 16.1 Å². The molecule has 7 nitrogen and oxygen atoms in total. The van der Waals surface area contributed by atoms with Crippen LogP contribution in [0.15, 0.2) is 24.7 Å². The summed E-state index contributed by atoms with van der Waals surface area (Å²) >= 11 is 5.31. The van der Waals surface area contributed by atoms with Crippen LogP contribution >= 0.6 is 12.2 Å². The summed E-state index contributed by atoms with van der Waals surface area (Å²) in [6.07, 6.45) is 3.46. The Balaban J connectivity index is 1.64. The molecule has 1 fully saturated rings. The van der Waals surface area contributed by atoms with Crippen molar-refractivity contribution in [3.05, 3.63) is 35.0 Å². The summed E-state index contributed by atoms with van der Waals surface area (Å²) in [7, 11) is 1.90. The van der Waals surface area contributed by atoms with Crippen LogP contribution in [0.1, 0.15) is 5.56 Å². The SMILES string of the molecule is Cn1cnn(CN2CCN(c3ncccc3C#N)CC2)c1=S. The molecule has 0 aromatic carbocycles. The molecular weight excluding hydrogens is 298 g/mol. The van der Waals surface area contributed by atoms with Gasteiger partial charge in [-0.1, -0.05) is 0 Å². The van der Waals surface area contributed by atoms with Crippen molar-refractivity contribution in [3.63, 3.8) is 0 Å². The van der Waals surface area contributed by atoms with Gasteiger partial charge in [0.05, 0.1) is 12.2 Å². The van der Waals surface area contributed by atoms with Gasteiger partial charge in [0.15, 0.2) is 4.77 Å². The van der Waals surface area contributed by atoms with Crippen molar-refractivity contribution in [3.8, 4) is 6.07 Å². The van der Waals surface area contributed by atoms with Crippen LogP contribution in [-0.4, -0.2) is 50.4 Å². The molecule has 8 heteroatoms. The van der Waals surface area contributed by atoms with Crippen LogP contribution in [0.4, 0.5) is 5.82 Å². The maximum atomic E-state index is 9.18. The fraction of sp³-hybridized carbons (Fsp3) is 0.429. The van der Waals surface area contributed by atoms with E-state index in [1.54, 1.807) is 18.6 Å². The lowest BCUT2D eigenvalue weighted by Gasteiger charge is -2.35. The molecule has 0 N–H and O–H groups in total. The van der Waals surface area contributed by atoms with Gasteiger partial charge in [-0.3, -0.25) is 4.90 Å².